The van der Waals surface area contributed by atoms with E-state index in [2.05, 4.69) is 47.2 Å². The number of halogens is 2. The molecule has 1 unspecified atom stereocenters. The Balaban J connectivity index is 2.49. The summed E-state index contributed by atoms with van der Waals surface area (Å²) in [6.45, 7) is 6.84. The molecule has 0 fully saturated rings. The molecule has 0 radical (unpaired) electrons. The van der Waals surface area contributed by atoms with Gasteiger partial charge in [0.15, 0.2) is 0 Å². The summed E-state index contributed by atoms with van der Waals surface area (Å²) in [6.07, 6.45) is 0. The van der Waals surface area contributed by atoms with Crippen molar-refractivity contribution in [3.05, 3.63) is 68.9 Å². The van der Waals surface area contributed by atoms with Crippen molar-refractivity contribution in [2.24, 2.45) is 0 Å². The van der Waals surface area contributed by atoms with E-state index in [9.17, 15) is 4.39 Å². The molecule has 3 heteroatoms. The summed E-state index contributed by atoms with van der Waals surface area (Å²) in [5.74, 6) is -0.157. The maximum Gasteiger partial charge on any atom is 0.126 e. The van der Waals surface area contributed by atoms with Crippen LogP contribution in [0.1, 0.15) is 35.2 Å². The van der Waals surface area contributed by atoms with Gasteiger partial charge in [0.25, 0.3) is 0 Å². The van der Waals surface area contributed by atoms with Crippen LogP contribution >= 0.6 is 15.9 Å². The molecule has 2 rings (SSSR count). The van der Waals surface area contributed by atoms with Crippen molar-refractivity contribution in [3.8, 4) is 0 Å². The zero-order valence-corrected chi connectivity index (χ0v) is 13.6. The van der Waals surface area contributed by atoms with Gasteiger partial charge in [-0.15, -0.1) is 0 Å². The summed E-state index contributed by atoms with van der Waals surface area (Å²) in [4.78, 5) is 0. The minimum atomic E-state index is -0.157. The molecule has 20 heavy (non-hydrogen) atoms. The normalized spacial score (nSPS) is 12.4. The number of benzene rings is 2. The molecule has 0 aromatic heterocycles. The van der Waals surface area contributed by atoms with Crippen LogP contribution in [0.15, 0.2) is 40.9 Å². The van der Waals surface area contributed by atoms with Crippen molar-refractivity contribution in [1.82, 2.24) is 5.32 Å². The van der Waals surface area contributed by atoms with E-state index in [1.54, 1.807) is 13.0 Å². The second-order valence-electron chi connectivity index (χ2n) is 5.00. The Morgan fingerprint density at radius 1 is 1.10 bits per heavy atom. The Kier molecular flexibility index (Phi) is 4.95. The summed E-state index contributed by atoms with van der Waals surface area (Å²) in [5.41, 5.74) is 4.21. The van der Waals surface area contributed by atoms with Crippen LogP contribution in [0, 0.1) is 19.7 Å². The quantitative estimate of drug-likeness (QED) is 0.837. The second-order valence-corrected chi connectivity index (χ2v) is 5.92. The van der Waals surface area contributed by atoms with Crippen molar-refractivity contribution >= 4 is 15.9 Å². The molecule has 2 aromatic rings. The van der Waals surface area contributed by atoms with E-state index in [-0.39, 0.29) is 11.9 Å². The van der Waals surface area contributed by atoms with Crippen molar-refractivity contribution in [1.29, 1.82) is 0 Å². The molecule has 106 valence electrons. The topological polar surface area (TPSA) is 12.0 Å². The van der Waals surface area contributed by atoms with Crippen molar-refractivity contribution in [3.63, 3.8) is 0 Å². The molecule has 0 aliphatic carbocycles. The minimum Gasteiger partial charge on any atom is -0.307 e. The van der Waals surface area contributed by atoms with Gasteiger partial charge in [-0.2, -0.15) is 0 Å². The third-order valence-electron chi connectivity index (χ3n) is 3.48. The van der Waals surface area contributed by atoms with Crippen molar-refractivity contribution < 1.29 is 4.39 Å². The van der Waals surface area contributed by atoms with Crippen molar-refractivity contribution in [2.75, 3.05) is 6.54 Å². The first-order chi connectivity index (χ1) is 9.52. The lowest BCUT2D eigenvalue weighted by Gasteiger charge is -2.22. The molecule has 2 aromatic carbocycles. The average molecular weight is 336 g/mol. The largest absolute Gasteiger partial charge is 0.307 e. The maximum absolute atomic E-state index is 13.5. The first-order valence-electron chi connectivity index (χ1n) is 6.78. The Bertz CT molecular complexity index is 610. The highest BCUT2D eigenvalue weighted by atomic mass is 79.9. The van der Waals surface area contributed by atoms with Gasteiger partial charge < -0.3 is 5.32 Å². The maximum atomic E-state index is 13.5. The third kappa shape index (κ3) is 3.28. The molecule has 0 aliphatic heterocycles. The standard InChI is InChI=1S/C17H19BrFN/c1-4-20-17(13-6-8-16(19)12(3)9-13)15-10-14(18)7-5-11(15)2/h5-10,17,20H,4H2,1-3H3. The Hall–Kier alpha value is -1.19. The number of rotatable bonds is 4. The lowest BCUT2D eigenvalue weighted by atomic mass is 9.94. The smallest absolute Gasteiger partial charge is 0.126 e. The first kappa shape index (κ1) is 15.2. The fourth-order valence-corrected chi connectivity index (χ4v) is 2.76. The zero-order valence-electron chi connectivity index (χ0n) is 12.0. The van der Waals surface area contributed by atoms with Gasteiger partial charge in [0, 0.05) is 4.47 Å². The van der Waals surface area contributed by atoms with Crippen molar-refractivity contribution in [2.45, 2.75) is 26.8 Å². The summed E-state index contributed by atoms with van der Waals surface area (Å²) in [5, 5.41) is 3.49. The van der Waals surface area contributed by atoms with E-state index < -0.39 is 0 Å². The van der Waals surface area contributed by atoms with Gasteiger partial charge in [-0.25, -0.2) is 4.39 Å². The van der Waals surface area contributed by atoms with E-state index in [1.165, 1.54) is 11.1 Å². The number of nitrogens with one attached hydrogen (secondary N) is 1. The van der Waals surface area contributed by atoms with E-state index in [4.69, 9.17) is 0 Å². The fraction of sp³-hybridized carbons (Fsp3) is 0.294. The Morgan fingerprint density at radius 2 is 1.85 bits per heavy atom. The highest BCUT2D eigenvalue weighted by Crippen LogP contribution is 2.28. The molecule has 0 saturated carbocycles. The van der Waals surface area contributed by atoms with Gasteiger partial charge in [0.05, 0.1) is 6.04 Å². The Morgan fingerprint density at radius 3 is 2.50 bits per heavy atom. The van der Waals surface area contributed by atoms with E-state index in [0.717, 1.165) is 16.6 Å². The van der Waals surface area contributed by atoms with E-state index >= 15 is 0 Å². The number of hydrogen-bond acceptors (Lipinski definition) is 1. The lowest BCUT2D eigenvalue weighted by molar-refractivity contribution is 0.605. The molecule has 1 N–H and O–H groups in total. The molecular formula is C17H19BrFN. The summed E-state index contributed by atoms with van der Waals surface area (Å²) in [7, 11) is 0. The van der Waals surface area contributed by atoms with E-state index in [1.807, 2.05) is 18.2 Å². The van der Waals surface area contributed by atoms with Gasteiger partial charge in [0.2, 0.25) is 0 Å². The molecule has 0 heterocycles. The van der Waals surface area contributed by atoms with Crippen LogP contribution in [0.4, 0.5) is 4.39 Å². The van der Waals surface area contributed by atoms with Crippen LogP contribution in [-0.4, -0.2) is 6.54 Å². The summed E-state index contributed by atoms with van der Waals surface area (Å²) >= 11 is 3.53. The van der Waals surface area contributed by atoms with Gasteiger partial charge in [-0.05, 0) is 60.8 Å². The molecule has 0 aliphatic rings. The van der Waals surface area contributed by atoms with Crippen LogP contribution in [0.25, 0.3) is 0 Å². The van der Waals surface area contributed by atoms with Crippen LogP contribution in [0.5, 0.6) is 0 Å². The lowest BCUT2D eigenvalue weighted by Crippen LogP contribution is -2.23. The monoisotopic (exact) mass is 335 g/mol. The third-order valence-corrected chi connectivity index (χ3v) is 3.97. The van der Waals surface area contributed by atoms with Gasteiger partial charge in [0.1, 0.15) is 5.82 Å². The number of hydrogen-bond donors (Lipinski definition) is 1. The number of aryl methyl sites for hydroxylation is 2. The SMILES string of the molecule is CCNC(c1ccc(F)c(C)c1)c1cc(Br)ccc1C. The van der Waals surface area contributed by atoms with Crippen LogP contribution in [-0.2, 0) is 0 Å². The summed E-state index contributed by atoms with van der Waals surface area (Å²) < 4.78 is 14.5. The van der Waals surface area contributed by atoms with Gasteiger partial charge in [-0.3, -0.25) is 0 Å². The van der Waals surface area contributed by atoms with E-state index in [0.29, 0.717) is 5.56 Å². The molecule has 0 bridgehead atoms. The summed E-state index contributed by atoms with van der Waals surface area (Å²) in [6, 6.07) is 11.7. The Labute approximate surface area is 128 Å². The predicted octanol–water partition coefficient (Wildman–Crippen LogP) is 4.90. The highest BCUT2D eigenvalue weighted by Gasteiger charge is 2.16. The van der Waals surface area contributed by atoms with Gasteiger partial charge >= 0.3 is 0 Å². The first-order valence-corrected chi connectivity index (χ1v) is 7.57. The predicted molar refractivity (Wildman–Crippen MR) is 85.5 cm³/mol. The highest BCUT2D eigenvalue weighted by molar-refractivity contribution is 9.10. The van der Waals surface area contributed by atoms with Crippen LogP contribution < -0.4 is 5.32 Å². The minimum absolute atomic E-state index is 0.0804. The van der Waals surface area contributed by atoms with Crippen LogP contribution in [0.2, 0.25) is 0 Å². The second kappa shape index (κ2) is 6.51. The molecule has 1 atom stereocenters. The van der Waals surface area contributed by atoms with Gasteiger partial charge in [-0.1, -0.05) is 41.1 Å². The zero-order chi connectivity index (χ0) is 14.7. The van der Waals surface area contributed by atoms with Crippen LogP contribution in [0.3, 0.4) is 0 Å². The fourth-order valence-electron chi connectivity index (χ4n) is 2.38. The molecule has 0 spiro atoms. The molecular weight excluding hydrogens is 317 g/mol. The molecule has 0 amide bonds. The average Bonchev–Trinajstić information content (AvgIpc) is 2.42. The molecule has 0 saturated heterocycles. The molecule has 1 nitrogen and oxygen atoms in total.